The number of hydrogen-bond donors (Lipinski definition) is 0. The lowest BCUT2D eigenvalue weighted by atomic mass is 9.93. The van der Waals surface area contributed by atoms with E-state index in [9.17, 15) is 4.79 Å². The minimum Gasteiger partial charge on any atom is -0.497 e. The predicted molar refractivity (Wildman–Crippen MR) is 119 cm³/mol. The van der Waals surface area contributed by atoms with Gasteiger partial charge in [-0.1, -0.05) is 20.8 Å². The van der Waals surface area contributed by atoms with Gasteiger partial charge in [-0.25, -0.2) is 9.50 Å². The van der Waals surface area contributed by atoms with E-state index in [4.69, 9.17) is 14.6 Å². The molecule has 2 aromatic heterocycles. The van der Waals surface area contributed by atoms with E-state index in [1.54, 1.807) is 14.2 Å². The second-order valence-corrected chi connectivity index (χ2v) is 9.02. The summed E-state index contributed by atoms with van der Waals surface area (Å²) in [5, 5.41) is 4.84. The Bertz CT molecular complexity index is 1100. The van der Waals surface area contributed by atoms with Crippen molar-refractivity contribution >= 4 is 11.6 Å². The average Bonchev–Trinajstić information content (AvgIpc) is 3.40. The first-order chi connectivity index (χ1) is 14.8. The Morgan fingerprint density at radius 2 is 1.97 bits per heavy atom. The number of rotatable bonds is 5. The average molecular weight is 423 g/mol. The number of aromatic nitrogens is 3. The minimum absolute atomic E-state index is 0.0256. The number of amides is 1. The monoisotopic (exact) mass is 422 g/mol. The maximum atomic E-state index is 13.4. The van der Waals surface area contributed by atoms with Crippen LogP contribution in [0.25, 0.3) is 5.65 Å². The van der Waals surface area contributed by atoms with Gasteiger partial charge >= 0.3 is 0 Å². The first-order valence-corrected chi connectivity index (χ1v) is 10.7. The molecular weight excluding hydrogens is 392 g/mol. The predicted octanol–water partition coefficient (Wildman–Crippen LogP) is 3.95. The number of benzene rings is 1. The molecule has 3 aromatic rings. The van der Waals surface area contributed by atoms with Crippen LogP contribution < -0.4 is 9.47 Å². The number of nitrogens with zero attached hydrogens (tertiary/aromatic N) is 4. The van der Waals surface area contributed by atoms with Crippen molar-refractivity contribution in [2.75, 3.05) is 20.8 Å². The van der Waals surface area contributed by atoms with Crippen molar-refractivity contribution in [3.05, 3.63) is 53.5 Å². The summed E-state index contributed by atoms with van der Waals surface area (Å²) in [6, 6.07) is 9.54. The van der Waals surface area contributed by atoms with Gasteiger partial charge in [-0.2, -0.15) is 5.10 Å². The molecule has 3 heterocycles. The largest absolute Gasteiger partial charge is 0.497 e. The Morgan fingerprint density at radius 3 is 2.68 bits per heavy atom. The molecule has 0 aliphatic carbocycles. The summed E-state index contributed by atoms with van der Waals surface area (Å²) in [6.45, 7) is 7.15. The number of likely N-dealkylation sites (tertiary alicyclic amines) is 1. The molecular formula is C24H30N4O3. The third-order valence-electron chi connectivity index (χ3n) is 5.90. The molecule has 1 amide bonds. The zero-order chi connectivity index (χ0) is 22.2. The molecule has 0 spiro atoms. The molecule has 1 aromatic carbocycles. The van der Waals surface area contributed by atoms with E-state index in [2.05, 4.69) is 25.8 Å². The van der Waals surface area contributed by atoms with Gasteiger partial charge in [0.05, 0.1) is 38.1 Å². The Labute approximate surface area is 183 Å². The van der Waals surface area contributed by atoms with Gasteiger partial charge in [0.15, 0.2) is 5.65 Å². The molecule has 31 heavy (non-hydrogen) atoms. The van der Waals surface area contributed by atoms with E-state index in [-0.39, 0.29) is 23.8 Å². The van der Waals surface area contributed by atoms with Crippen LogP contribution in [0.15, 0.2) is 36.5 Å². The van der Waals surface area contributed by atoms with Gasteiger partial charge in [-0.15, -0.1) is 0 Å². The summed E-state index contributed by atoms with van der Waals surface area (Å²) in [5.74, 6) is 1.48. The first kappa shape index (κ1) is 21.2. The minimum atomic E-state index is -0.0704. The van der Waals surface area contributed by atoms with E-state index in [0.717, 1.165) is 42.0 Å². The highest BCUT2D eigenvalue weighted by Gasteiger charge is 2.32. The van der Waals surface area contributed by atoms with Crippen molar-refractivity contribution in [3.8, 4) is 11.5 Å². The summed E-state index contributed by atoms with van der Waals surface area (Å²) >= 11 is 0. The summed E-state index contributed by atoms with van der Waals surface area (Å²) in [6.07, 6.45) is 3.94. The summed E-state index contributed by atoms with van der Waals surface area (Å²) in [4.78, 5) is 19.8. The number of carbonyl (C=O) groups is 1. The van der Waals surface area contributed by atoms with Crippen molar-refractivity contribution in [1.82, 2.24) is 19.5 Å². The highest BCUT2D eigenvalue weighted by atomic mass is 16.5. The van der Waals surface area contributed by atoms with Crippen LogP contribution in [0.3, 0.4) is 0 Å². The van der Waals surface area contributed by atoms with E-state index < -0.39 is 0 Å². The highest BCUT2D eigenvalue weighted by Crippen LogP contribution is 2.34. The van der Waals surface area contributed by atoms with Crippen molar-refractivity contribution in [3.63, 3.8) is 0 Å². The summed E-state index contributed by atoms with van der Waals surface area (Å²) < 4.78 is 12.7. The number of fused-ring (bicyclic) bond motifs is 1. The maximum Gasteiger partial charge on any atom is 0.227 e. The summed E-state index contributed by atoms with van der Waals surface area (Å²) in [5.41, 5.74) is 3.56. The van der Waals surface area contributed by atoms with Gasteiger partial charge in [0.2, 0.25) is 5.91 Å². The second-order valence-electron chi connectivity index (χ2n) is 9.02. The molecule has 7 heteroatoms. The molecule has 0 N–H and O–H groups in total. The molecule has 7 nitrogen and oxygen atoms in total. The summed E-state index contributed by atoms with van der Waals surface area (Å²) in [7, 11) is 3.24. The highest BCUT2D eigenvalue weighted by molar-refractivity contribution is 5.80. The van der Waals surface area contributed by atoms with Crippen LogP contribution in [-0.2, 0) is 16.6 Å². The van der Waals surface area contributed by atoms with Gasteiger partial charge < -0.3 is 14.4 Å². The molecule has 1 fully saturated rings. The van der Waals surface area contributed by atoms with Gasteiger partial charge in [0, 0.05) is 29.8 Å². The van der Waals surface area contributed by atoms with Crippen LogP contribution in [0.4, 0.5) is 0 Å². The van der Waals surface area contributed by atoms with E-state index in [1.807, 2.05) is 45.9 Å². The smallest absolute Gasteiger partial charge is 0.227 e. The van der Waals surface area contributed by atoms with E-state index in [1.165, 1.54) is 0 Å². The van der Waals surface area contributed by atoms with E-state index in [0.29, 0.717) is 11.5 Å². The third-order valence-corrected chi connectivity index (χ3v) is 5.90. The standard InChI is InChI=1S/C24H30N4O3/c1-24(2,3)21-15-22-25-11-10-19(28(22)26-21)18-7-6-12-27(18)23(29)14-16-13-17(30-4)8-9-20(16)31-5/h8-11,13,15,18H,6-7,12,14H2,1-5H3/t18-/m1/s1. The lowest BCUT2D eigenvalue weighted by Crippen LogP contribution is -2.33. The third kappa shape index (κ3) is 4.09. The molecule has 1 aliphatic heterocycles. The Hall–Kier alpha value is -3.09. The van der Waals surface area contributed by atoms with Crippen LogP contribution in [0.2, 0.25) is 0 Å². The van der Waals surface area contributed by atoms with Crippen molar-refractivity contribution in [1.29, 1.82) is 0 Å². The van der Waals surface area contributed by atoms with Crippen LogP contribution in [-0.4, -0.2) is 46.2 Å². The van der Waals surface area contributed by atoms with Gasteiger partial charge in [-0.3, -0.25) is 4.79 Å². The van der Waals surface area contributed by atoms with Crippen molar-refractivity contribution in [2.45, 2.75) is 51.5 Å². The maximum absolute atomic E-state index is 13.4. The molecule has 1 saturated heterocycles. The topological polar surface area (TPSA) is 69.0 Å². The molecule has 164 valence electrons. The first-order valence-electron chi connectivity index (χ1n) is 10.7. The normalized spacial score (nSPS) is 16.7. The quantitative estimate of drug-likeness (QED) is 0.623. The Morgan fingerprint density at radius 1 is 1.16 bits per heavy atom. The fourth-order valence-corrected chi connectivity index (χ4v) is 4.19. The van der Waals surface area contributed by atoms with Crippen molar-refractivity contribution < 1.29 is 14.3 Å². The van der Waals surface area contributed by atoms with Crippen LogP contribution in [0.1, 0.15) is 56.6 Å². The molecule has 1 aliphatic rings. The van der Waals surface area contributed by atoms with Gasteiger partial charge in [0.25, 0.3) is 0 Å². The lowest BCUT2D eigenvalue weighted by Gasteiger charge is -2.26. The molecule has 1 atom stereocenters. The van der Waals surface area contributed by atoms with Gasteiger partial charge in [-0.05, 0) is 37.1 Å². The second kappa shape index (κ2) is 8.21. The van der Waals surface area contributed by atoms with Crippen molar-refractivity contribution in [2.24, 2.45) is 0 Å². The van der Waals surface area contributed by atoms with E-state index >= 15 is 0 Å². The number of ether oxygens (including phenoxy) is 2. The Balaban J connectivity index is 1.64. The number of methoxy groups -OCH3 is 2. The molecule has 0 unspecified atom stereocenters. The van der Waals surface area contributed by atoms with Crippen LogP contribution in [0, 0.1) is 0 Å². The fourth-order valence-electron chi connectivity index (χ4n) is 4.19. The Kier molecular flexibility index (Phi) is 5.60. The van der Waals surface area contributed by atoms with Crippen LogP contribution >= 0.6 is 0 Å². The fraction of sp³-hybridized carbons (Fsp3) is 0.458. The molecule has 4 rings (SSSR count). The zero-order valence-electron chi connectivity index (χ0n) is 18.9. The lowest BCUT2D eigenvalue weighted by molar-refractivity contribution is -0.131. The van der Waals surface area contributed by atoms with Gasteiger partial charge in [0.1, 0.15) is 11.5 Å². The van der Waals surface area contributed by atoms with Crippen LogP contribution in [0.5, 0.6) is 11.5 Å². The molecule has 0 bridgehead atoms. The molecule has 0 radical (unpaired) electrons. The zero-order valence-corrected chi connectivity index (χ0v) is 18.9. The molecule has 0 saturated carbocycles. The number of carbonyl (C=O) groups excluding carboxylic acids is 1. The number of hydrogen-bond acceptors (Lipinski definition) is 5. The SMILES string of the molecule is COc1ccc(OC)c(CC(=O)N2CCC[C@@H]2c2ccnc3cc(C(C)(C)C)nn23)c1.